The fraction of sp³-hybridized carbons (Fsp3) is 0.875. The average molecular weight is 157 g/mol. The van der Waals surface area contributed by atoms with Crippen molar-refractivity contribution in [3.63, 3.8) is 0 Å². The molecule has 64 valence electrons. The van der Waals surface area contributed by atoms with Crippen LogP contribution in [0.25, 0.3) is 0 Å². The Balaban J connectivity index is 2.40. The van der Waals surface area contributed by atoms with E-state index in [1.165, 1.54) is 0 Å². The molecule has 0 spiro atoms. The Morgan fingerprint density at radius 2 is 2.45 bits per heavy atom. The first kappa shape index (κ1) is 8.53. The summed E-state index contributed by atoms with van der Waals surface area (Å²) in [6.07, 6.45) is 2.65. The van der Waals surface area contributed by atoms with Crippen molar-refractivity contribution >= 4 is 5.91 Å². The van der Waals surface area contributed by atoms with Crippen LogP contribution in [-0.4, -0.2) is 23.2 Å². The minimum atomic E-state index is -0.326. The van der Waals surface area contributed by atoms with E-state index in [9.17, 15) is 9.90 Å². The van der Waals surface area contributed by atoms with Gasteiger partial charge in [-0.05, 0) is 12.8 Å². The predicted molar refractivity (Wildman–Crippen MR) is 42.1 cm³/mol. The molecule has 3 heteroatoms. The van der Waals surface area contributed by atoms with Gasteiger partial charge in [-0.2, -0.15) is 0 Å². The summed E-state index contributed by atoms with van der Waals surface area (Å²) >= 11 is 0. The highest BCUT2D eigenvalue weighted by molar-refractivity contribution is 5.77. The molecule has 1 fully saturated rings. The molecule has 1 aliphatic heterocycles. The molecule has 0 bridgehead atoms. The van der Waals surface area contributed by atoms with Crippen molar-refractivity contribution in [2.24, 2.45) is 0 Å². The monoisotopic (exact) mass is 157 g/mol. The van der Waals surface area contributed by atoms with Crippen LogP contribution >= 0.6 is 0 Å². The van der Waals surface area contributed by atoms with Crippen molar-refractivity contribution in [1.29, 1.82) is 0 Å². The summed E-state index contributed by atoms with van der Waals surface area (Å²) in [4.78, 5) is 10.9. The summed E-state index contributed by atoms with van der Waals surface area (Å²) in [6, 6.07) is 0.00116. The second-order valence-corrected chi connectivity index (χ2v) is 3.07. The number of hydrogen-bond acceptors (Lipinski definition) is 2. The smallest absolute Gasteiger partial charge is 0.220 e. The number of nitrogens with one attached hydrogen (secondary N) is 1. The van der Waals surface area contributed by atoms with Crippen molar-refractivity contribution in [2.45, 2.75) is 44.8 Å². The molecule has 0 radical (unpaired) electrons. The van der Waals surface area contributed by atoms with Crippen LogP contribution < -0.4 is 5.32 Å². The summed E-state index contributed by atoms with van der Waals surface area (Å²) < 4.78 is 0. The normalized spacial score (nSPS) is 31.6. The standard InChI is InChI=1S/C8H15NO2/c1-2-3-6-7(10)4-5-8(11)9-6/h6-7,10H,2-5H2,1H3,(H,9,11). The van der Waals surface area contributed by atoms with Gasteiger partial charge in [0.25, 0.3) is 0 Å². The van der Waals surface area contributed by atoms with Gasteiger partial charge in [0.1, 0.15) is 0 Å². The van der Waals surface area contributed by atoms with Crippen LogP contribution in [0.5, 0.6) is 0 Å². The zero-order chi connectivity index (χ0) is 8.27. The molecular formula is C8H15NO2. The number of rotatable bonds is 2. The highest BCUT2D eigenvalue weighted by Gasteiger charge is 2.25. The van der Waals surface area contributed by atoms with E-state index >= 15 is 0 Å². The Kier molecular flexibility index (Phi) is 2.88. The van der Waals surface area contributed by atoms with E-state index in [1.54, 1.807) is 0 Å². The Bertz CT molecular complexity index is 147. The van der Waals surface area contributed by atoms with E-state index in [1.807, 2.05) is 6.92 Å². The molecule has 2 unspecified atom stereocenters. The summed E-state index contributed by atoms with van der Waals surface area (Å²) in [5, 5.41) is 12.2. The first-order chi connectivity index (χ1) is 5.24. The van der Waals surface area contributed by atoms with Gasteiger partial charge in [0.2, 0.25) is 5.91 Å². The Morgan fingerprint density at radius 3 is 3.09 bits per heavy atom. The molecule has 11 heavy (non-hydrogen) atoms. The summed E-state index contributed by atoms with van der Waals surface area (Å²) in [6.45, 7) is 2.05. The number of carbonyl (C=O) groups excluding carboxylic acids is 1. The molecule has 1 saturated heterocycles. The highest BCUT2D eigenvalue weighted by atomic mass is 16.3. The summed E-state index contributed by atoms with van der Waals surface area (Å²) in [5.74, 6) is 0.0775. The number of aliphatic hydroxyl groups excluding tert-OH is 1. The Hall–Kier alpha value is -0.570. The van der Waals surface area contributed by atoms with Crippen LogP contribution in [0.15, 0.2) is 0 Å². The third-order valence-electron chi connectivity index (χ3n) is 2.08. The van der Waals surface area contributed by atoms with Gasteiger partial charge in [-0.1, -0.05) is 13.3 Å². The predicted octanol–water partition coefficient (Wildman–Crippen LogP) is 0.426. The minimum absolute atomic E-state index is 0.00116. The molecule has 1 heterocycles. The number of piperidine rings is 1. The molecule has 1 rings (SSSR count). The molecule has 0 aromatic carbocycles. The maximum absolute atomic E-state index is 10.9. The Morgan fingerprint density at radius 1 is 1.73 bits per heavy atom. The second-order valence-electron chi connectivity index (χ2n) is 3.07. The van der Waals surface area contributed by atoms with E-state index in [2.05, 4.69) is 5.32 Å². The van der Waals surface area contributed by atoms with E-state index in [0.29, 0.717) is 12.8 Å². The summed E-state index contributed by atoms with van der Waals surface area (Å²) in [7, 11) is 0. The molecule has 1 aliphatic rings. The third-order valence-corrected chi connectivity index (χ3v) is 2.08. The van der Waals surface area contributed by atoms with Crippen molar-refractivity contribution < 1.29 is 9.90 Å². The van der Waals surface area contributed by atoms with Crippen molar-refractivity contribution in [2.75, 3.05) is 0 Å². The van der Waals surface area contributed by atoms with E-state index in [0.717, 1.165) is 12.8 Å². The van der Waals surface area contributed by atoms with Crippen LogP contribution in [0.4, 0.5) is 0 Å². The molecule has 2 N–H and O–H groups in total. The van der Waals surface area contributed by atoms with Crippen LogP contribution in [0.1, 0.15) is 32.6 Å². The van der Waals surface area contributed by atoms with E-state index in [4.69, 9.17) is 0 Å². The lowest BCUT2D eigenvalue weighted by Crippen LogP contribution is -2.47. The largest absolute Gasteiger partial charge is 0.391 e. The maximum atomic E-state index is 10.9. The van der Waals surface area contributed by atoms with Gasteiger partial charge >= 0.3 is 0 Å². The van der Waals surface area contributed by atoms with Crippen molar-refractivity contribution in [3.8, 4) is 0 Å². The zero-order valence-corrected chi connectivity index (χ0v) is 6.84. The van der Waals surface area contributed by atoms with Gasteiger partial charge in [0.05, 0.1) is 12.1 Å². The molecular weight excluding hydrogens is 142 g/mol. The van der Waals surface area contributed by atoms with Crippen molar-refractivity contribution in [1.82, 2.24) is 5.32 Å². The van der Waals surface area contributed by atoms with Gasteiger partial charge in [0.15, 0.2) is 0 Å². The van der Waals surface area contributed by atoms with Gasteiger partial charge in [0, 0.05) is 6.42 Å². The fourth-order valence-electron chi connectivity index (χ4n) is 1.43. The molecule has 1 amide bonds. The van der Waals surface area contributed by atoms with E-state index < -0.39 is 0 Å². The first-order valence-electron chi connectivity index (χ1n) is 4.21. The second kappa shape index (κ2) is 3.72. The third kappa shape index (κ3) is 2.19. The Labute approximate surface area is 66.8 Å². The quantitative estimate of drug-likeness (QED) is 0.610. The van der Waals surface area contributed by atoms with Gasteiger partial charge < -0.3 is 10.4 Å². The fourth-order valence-corrected chi connectivity index (χ4v) is 1.43. The zero-order valence-electron chi connectivity index (χ0n) is 6.84. The SMILES string of the molecule is CCCC1NC(=O)CCC1O. The minimum Gasteiger partial charge on any atom is -0.391 e. The molecule has 0 saturated carbocycles. The topological polar surface area (TPSA) is 49.3 Å². The van der Waals surface area contributed by atoms with Crippen LogP contribution in [0.2, 0.25) is 0 Å². The average Bonchev–Trinajstić information content (AvgIpc) is 1.98. The molecule has 0 aromatic heterocycles. The van der Waals surface area contributed by atoms with Crippen LogP contribution in [0.3, 0.4) is 0 Å². The number of amides is 1. The maximum Gasteiger partial charge on any atom is 0.220 e. The molecule has 3 nitrogen and oxygen atoms in total. The van der Waals surface area contributed by atoms with Crippen molar-refractivity contribution in [3.05, 3.63) is 0 Å². The first-order valence-corrected chi connectivity index (χ1v) is 4.21. The lowest BCUT2D eigenvalue weighted by atomic mass is 9.97. The molecule has 0 aromatic rings. The molecule has 2 atom stereocenters. The van der Waals surface area contributed by atoms with Gasteiger partial charge in [-0.15, -0.1) is 0 Å². The lowest BCUT2D eigenvalue weighted by Gasteiger charge is -2.28. The van der Waals surface area contributed by atoms with Gasteiger partial charge in [-0.25, -0.2) is 0 Å². The number of hydrogen-bond donors (Lipinski definition) is 2. The van der Waals surface area contributed by atoms with Gasteiger partial charge in [-0.3, -0.25) is 4.79 Å². The molecule has 0 aliphatic carbocycles. The highest BCUT2D eigenvalue weighted by Crippen LogP contribution is 2.13. The lowest BCUT2D eigenvalue weighted by molar-refractivity contribution is -0.126. The number of carbonyl (C=O) groups is 1. The van der Waals surface area contributed by atoms with Crippen LogP contribution in [0, 0.1) is 0 Å². The number of aliphatic hydroxyl groups is 1. The van der Waals surface area contributed by atoms with E-state index in [-0.39, 0.29) is 18.1 Å². The van der Waals surface area contributed by atoms with Crippen LogP contribution in [-0.2, 0) is 4.79 Å². The summed E-state index contributed by atoms with van der Waals surface area (Å²) in [5.41, 5.74) is 0.